The maximum atomic E-state index is 15.8. The van der Waals surface area contributed by atoms with E-state index in [-0.39, 0.29) is 41.9 Å². The van der Waals surface area contributed by atoms with E-state index < -0.39 is 5.54 Å². The number of aryl methyl sites for hydroxylation is 1. The van der Waals surface area contributed by atoms with Crippen LogP contribution in [0.1, 0.15) is 37.3 Å². The van der Waals surface area contributed by atoms with Crippen LogP contribution in [0.2, 0.25) is 0 Å². The summed E-state index contributed by atoms with van der Waals surface area (Å²) in [5.41, 5.74) is 2.58. The number of Topliss-reactive ketones (excluding diaryl/α,β-unsaturated/α-hetero) is 1. The summed E-state index contributed by atoms with van der Waals surface area (Å²) in [6.45, 7) is 2.50. The van der Waals surface area contributed by atoms with Crippen molar-refractivity contribution in [3.05, 3.63) is 59.4 Å². The SMILES string of the molecule is C[C@@H]1CC2(COCC(=O)N2)C2Cc3cccc(c3F)-c3ccccc3CCCC(=O)C21. The number of ether oxygens (including phenoxy) is 1. The fourth-order valence-corrected chi connectivity index (χ4v) is 6.25. The van der Waals surface area contributed by atoms with Gasteiger partial charge in [-0.25, -0.2) is 4.39 Å². The third-order valence-corrected chi connectivity index (χ3v) is 7.49. The fraction of sp³-hybridized carbons (Fsp3) is 0.462. The molecule has 2 bridgehead atoms. The van der Waals surface area contributed by atoms with Crippen LogP contribution in [0.15, 0.2) is 42.5 Å². The second kappa shape index (κ2) is 7.86. The molecule has 2 fully saturated rings. The van der Waals surface area contributed by atoms with Gasteiger partial charge in [0, 0.05) is 17.9 Å². The number of nitrogens with one attached hydrogen (secondary N) is 1. The molecule has 31 heavy (non-hydrogen) atoms. The van der Waals surface area contributed by atoms with Crippen molar-refractivity contribution >= 4 is 11.7 Å². The van der Waals surface area contributed by atoms with E-state index in [0.29, 0.717) is 37.0 Å². The minimum Gasteiger partial charge on any atom is -0.369 e. The molecule has 2 aromatic carbocycles. The summed E-state index contributed by atoms with van der Waals surface area (Å²) >= 11 is 0. The molecular weight excluding hydrogens is 393 g/mol. The lowest BCUT2D eigenvalue weighted by Crippen LogP contribution is -2.60. The smallest absolute Gasteiger partial charge is 0.246 e. The zero-order valence-electron chi connectivity index (χ0n) is 17.8. The van der Waals surface area contributed by atoms with E-state index >= 15 is 4.39 Å². The molecule has 1 spiro atoms. The lowest BCUT2D eigenvalue weighted by molar-refractivity contribution is -0.138. The number of fused-ring (bicyclic) bond motifs is 6. The third-order valence-electron chi connectivity index (χ3n) is 7.49. The van der Waals surface area contributed by atoms with Gasteiger partial charge in [-0.2, -0.15) is 0 Å². The quantitative estimate of drug-likeness (QED) is 0.697. The number of hydrogen-bond donors (Lipinski definition) is 1. The Morgan fingerprint density at radius 3 is 2.65 bits per heavy atom. The highest BCUT2D eigenvalue weighted by Gasteiger charge is 2.56. The first kappa shape index (κ1) is 20.4. The van der Waals surface area contributed by atoms with Gasteiger partial charge in [-0.05, 0) is 54.2 Å². The monoisotopic (exact) mass is 421 g/mol. The lowest BCUT2D eigenvalue weighted by Gasteiger charge is -2.41. The largest absolute Gasteiger partial charge is 0.369 e. The van der Waals surface area contributed by atoms with E-state index in [0.717, 1.165) is 24.0 Å². The summed E-state index contributed by atoms with van der Waals surface area (Å²) in [7, 11) is 0. The Balaban J connectivity index is 1.63. The number of halogens is 1. The first-order valence-electron chi connectivity index (χ1n) is 11.3. The van der Waals surface area contributed by atoms with Crippen LogP contribution in [0.25, 0.3) is 11.1 Å². The molecule has 162 valence electrons. The minimum absolute atomic E-state index is 0.0437. The number of carbonyl (C=O) groups is 2. The second-order valence-electron chi connectivity index (χ2n) is 9.47. The topological polar surface area (TPSA) is 55.4 Å². The highest BCUT2D eigenvalue weighted by atomic mass is 19.1. The first-order chi connectivity index (χ1) is 15.0. The Hall–Kier alpha value is -2.53. The van der Waals surface area contributed by atoms with Crippen LogP contribution < -0.4 is 5.32 Å². The fourth-order valence-electron chi connectivity index (χ4n) is 6.25. The first-order valence-corrected chi connectivity index (χ1v) is 11.3. The average Bonchev–Trinajstić information content (AvgIpc) is 2.99. The van der Waals surface area contributed by atoms with Crippen LogP contribution in [0.4, 0.5) is 4.39 Å². The number of ketones is 1. The summed E-state index contributed by atoms with van der Waals surface area (Å²) in [6, 6.07) is 13.4. The molecule has 1 saturated heterocycles. The predicted octanol–water partition coefficient (Wildman–Crippen LogP) is 4.10. The number of carbonyl (C=O) groups excluding carboxylic acids is 2. The van der Waals surface area contributed by atoms with Crippen LogP contribution in [0.5, 0.6) is 0 Å². The number of rotatable bonds is 0. The Morgan fingerprint density at radius 2 is 1.81 bits per heavy atom. The summed E-state index contributed by atoms with van der Waals surface area (Å²) in [6.07, 6.45) is 3.07. The molecule has 0 aromatic heterocycles. The molecule has 3 aliphatic rings. The highest BCUT2D eigenvalue weighted by molar-refractivity contribution is 5.84. The van der Waals surface area contributed by atoms with Gasteiger partial charge in [0.05, 0.1) is 12.1 Å². The van der Waals surface area contributed by atoms with Gasteiger partial charge >= 0.3 is 0 Å². The molecule has 5 heteroatoms. The summed E-state index contributed by atoms with van der Waals surface area (Å²) < 4.78 is 21.4. The molecule has 0 radical (unpaired) electrons. The van der Waals surface area contributed by atoms with E-state index in [4.69, 9.17) is 4.74 Å². The van der Waals surface area contributed by atoms with Crippen molar-refractivity contribution in [3.8, 4) is 11.1 Å². The van der Waals surface area contributed by atoms with E-state index in [1.54, 1.807) is 0 Å². The molecule has 2 aromatic rings. The van der Waals surface area contributed by atoms with Gasteiger partial charge in [0.15, 0.2) is 0 Å². The number of benzene rings is 2. The van der Waals surface area contributed by atoms with Crippen LogP contribution >= 0.6 is 0 Å². The lowest BCUT2D eigenvalue weighted by atomic mass is 9.75. The molecular formula is C26H28FNO3. The van der Waals surface area contributed by atoms with E-state index in [1.165, 1.54) is 0 Å². The van der Waals surface area contributed by atoms with Crippen molar-refractivity contribution in [1.29, 1.82) is 0 Å². The molecule has 5 rings (SSSR count). The number of amides is 1. The number of hydrogen-bond acceptors (Lipinski definition) is 3. The van der Waals surface area contributed by atoms with Gasteiger partial charge in [-0.15, -0.1) is 0 Å². The molecule has 1 N–H and O–H groups in total. The van der Waals surface area contributed by atoms with Gasteiger partial charge in [0.2, 0.25) is 5.91 Å². The van der Waals surface area contributed by atoms with Crippen molar-refractivity contribution in [2.24, 2.45) is 17.8 Å². The number of morpholine rings is 1. The molecule has 4 atom stereocenters. The standard InChI is InChI=1S/C26H28FNO3/c1-16-13-26(15-31-14-23(30)28-26)21-12-18-8-4-10-20(25(18)27)19-9-3-2-6-17(19)7-5-11-22(29)24(16)21/h2-4,6,8-10,16,21,24H,5,7,11-15H2,1H3,(H,28,30)/t16-,21?,24?,26?/m1/s1. The third kappa shape index (κ3) is 3.49. The summed E-state index contributed by atoms with van der Waals surface area (Å²) in [5.74, 6) is -0.427. The molecule has 1 heterocycles. The van der Waals surface area contributed by atoms with Crippen molar-refractivity contribution in [2.75, 3.05) is 13.2 Å². The van der Waals surface area contributed by atoms with Gasteiger partial charge in [0.25, 0.3) is 0 Å². The normalized spacial score (nSPS) is 30.7. The van der Waals surface area contributed by atoms with Gasteiger partial charge in [-0.3, -0.25) is 9.59 Å². The van der Waals surface area contributed by atoms with Crippen molar-refractivity contribution in [1.82, 2.24) is 5.32 Å². The zero-order chi connectivity index (χ0) is 21.6. The van der Waals surface area contributed by atoms with Crippen LogP contribution in [-0.4, -0.2) is 30.4 Å². The highest BCUT2D eigenvalue weighted by Crippen LogP contribution is 2.48. The maximum Gasteiger partial charge on any atom is 0.246 e. The zero-order valence-corrected chi connectivity index (χ0v) is 17.8. The van der Waals surface area contributed by atoms with Gasteiger partial charge < -0.3 is 10.1 Å². The van der Waals surface area contributed by atoms with E-state index in [9.17, 15) is 9.59 Å². The second-order valence-corrected chi connectivity index (χ2v) is 9.47. The maximum absolute atomic E-state index is 15.8. The Kier molecular flexibility index (Phi) is 5.17. The minimum atomic E-state index is -0.612. The van der Waals surface area contributed by atoms with Crippen molar-refractivity contribution in [3.63, 3.8) is 0 Å². The Morgan fingerprint density at radius 1 is 1.03 bits per heavy atom. The van der Waals surface area contributed by atoms with Crippen LogP contribution in [0.3, 0.4) is 0 Å². The van der Waals surface area contributed by atoms with Crippen LogP contribution in [-0.2, 0) is 27.2 Å². The van der Waals surface area contributed by atoms with Crippen molar-refractivity contribution in [2.45, 2.75) is 44.6 Å². The van der Waals surface area contributed by atoms with Crippen molar-refractivity contribution < 1.29 is 18.7 Å². The van der Waals surface area contributed by atoms with Crippen LogP contribution in [0, 0.1) is 23.6 Å². The summed E-state index contributed by atoms with van der Waals surface area (Å²) in [5, 5.41) is 3.16. The molecule has 1 saturated carbocycles. The van der Waals surface area contributed by atoms with E-state index in [2.05, 4.69) is 12.2 Å². The molecule has 4 nitrogen and oxygen atoms in total. The van der Waals surface area contributed by atoms with E-state index in [1.807, 2.05) is 42.5 Å². The Labute approximate surface area is 182 Å². The Bertz CT molecular complexity index is 1040. The molecule has 1 amide bonds. The molecule has 3 unspecified atom stereocenters. The van der Waals surface area contributed by atoms with Gasteiger partial charge in [-0.1, -0.05) is 49.4 Å². The predicted molar refractivity (Wildman–Crippen MR) is 116 cm³/mol. The van der Waals surface area contributed by atoms with Gasteiger partial charge in [0.1, 0.15) is 18.2 Å². The summed E-state index contributed by atoms with van der Waals surface area (Å²) in [4.78, 5) is 25.7. The average molecular weight is 422 g/mol. The molecule has 1 aliphatic heterocycles. The molecule has 2 aliphatic carbocycles.